The maximum absolute atomic E-state index is 2.43. The Balaban J connectivity index is 0.000000461. The Morgan fingerprint density at radius 1 is 1.27 bits per heavy atom. The molecule has 1 nitrogen and oxygen atoms in total. The van der Waals surface area contributed by atoms with Gasteiger partial charge < -0.3 is 4.90 Å². The smallest absolute Gasteiger partial charge is 0.000965 e. The third-order valence-corrected chi connectivity index (χ3v) is 2.47. The molecular weight excluding hydrogens is 134 g/mol. The molecule has 1 aliphatic heterocycles. The summed E-state index contributed by atoms with van der Waals surface area (Å²) in [5.41, 5.74) is 0. The van der Waals surface area contributed by atoms with Gasteiger partial charge in [0.05, 0.1) is 0 Å². The Morgan fingerprint density at radius 3 is 2.00 bits per heavy atom. The topological polar surface area (TPSA) is 3.24 Å². The third-order valence-electron chi connectivity index (χ3n) is 2.47. The van der Waals surface area contributed by atoms with Gasteiger partial charge in [0.15, 0.2) is 0 Å². The largest absolute Gasteiger partial charge is 0.306 e. The van der Waals surface area contributed by atoms with Crippen molar-refractivity contribution in [2.45, 2.75) is 34.1 Å². The van der Waals surface area contributed by atoms with Crippen molar-refractivity contribution in [1.29, 1.82) is 0 Å². The molecule has 0 saturated carbocycles. The predicted octanol–water partition coefficient (Wildman–Crippen LogP) is 2.62. The van der Waals surface area contributed by atoms with Crippen molar-refractivity contribution in [3.05, 3.63) is 0 Å². The quantitative estimate of drug-likeness (QED) is 0.565. The van der Waals surface area contributed by atoms with E-state index in [0.29, 0.717) is 0 Å². The van der Waals surface area contributed by atoms with Crippen molar-refractivity contribution in [3.63, 3.8) is 0 Å². The highest BCUT2D eigenvalue weighted by atomic mass is 15.1. The van der Waals surface area contributed by atoms with Gasteiger partial charge in [-0.1, -0.05) is 34.1 Å². The molecule has 0 spiro atoms. The zero-order valence-electron chi connectivity index (χ0n) is 8.72. The molecule has 2 atom stereocenters. The summed E-state index contributed by atoms with van der Waals surface area (Å²) in [5, 5.41) is 0. The maximum Gasteiger partial charge on any atom is 0.000965 e. The van der Waals surface area contributed by atoms with Crippen LogP contribution in [0, 0.1) is 11.8 Å². The molecule has 1 saturated heterocycles. The Bertz CT molecular complexity index is 90.9. The Morgan fingerprint density at radius 2 is 1.82 bits per heavy atom. The van der Waals surface area contributed by atoms with Crippen LogP contribution in [0.4, 0.5) is 0 Å². The molecule has 0 N–H and O–H groups in total. The van der Waals surface area contributed by atoms with Crippen LogP contribution in [0.1, 0.15) is 34.1 Å². The molecule has 11 heavy (non-hydrogen) atoms. The highest BCUT2D eigenvalue weighted by Gasteiger charge is 2.24. The fourth-order valence-electron chi connectivity index (χ4n) is 1.83. The van der Waals surface area contributed by atoms with Crippen molar-refractivity contribution in [1.82, 2.24) is 4.90 Å². The van der Waals surface area contributed by atoms with Crippen LogP contribution in [0.2, 0.25) is 0 Å². The predicted molar refractivity (Wildman–Crippen MR) is 51.8 cm³/mol. The summed E-state index contributed by atoms with van der Waals surface area (Å²) in [6.07, 6.45) is 1.35. The molecule has 0 aromatic heterocycles. The molecule has 0 bridgehead atoms. The van der Waals surface area contributed by atoms with Crippen LogP contribution in [0.25, 0.3) is 0 Å². The van der Waals surface area contributed by atoms with Crippen molar-refractivity contribution in [3.8, 4) is 0 Å². The van der Waals surface area contributed by atoms with Crippen molar-refractivity contribution < 1.29 is 0 Å². The van der Waals surface area contributed by atoms with E-state index in [9.17, 15) is 0 Å². The van der Waals surface area contributed by atoms with Crippen LogP contribution in [0.5, 0.6) is 0 Å². The Kier molecular flexibility index (Phi) is 5.57. The van der Waals surface area contributed by atoms with Gasteiger partial charge in [-0.3, -0.25) is 0 Å². The summed E-state index contributed by atoms with van der Waals surface area (Å²) in [7, 11) is 2.21. The Labute approximate surface area is 71.8 Å². The minimum Gasteiger partial charge on any atom is -0.306 e. The number of hydrogen-bond acceptors (Lipinski definition) is 1. The zero-order chi connectivity index (χ0) is 8.85. The highest BCUT2D eigenvalue weighted by Crippen LogP contribution is 2.23. The van der Waals surface area contributed by atoms with Crippen molar-refractivity contribution >= 4 is 0 Å². The fourth-order valence-corrected chi connectivity index (χ4v) is 1.83. The second-order valence-corrected chi connectivity index (χ2v) is 3.37. The monoisotopic (exact) mass is 157 g/mol. The first-order chi connectivity index (χ1) is 5.24. The lowest BCUT2D eigenvalue weighted by molar-refractivity contribution is 0.392. The summed E-state index contributed by atoms with van der Waals surface area (Å²) < 4.78 is 0. The van der Waals surface area contributed by atoms with Gasteiger partial charge in [-0.15, -0.1) is 0 Å². The lowest BCUT2D eigenvalue weighted by Gasteiger charge is -2.09. The second-order valence-electron chi connectivity index (χ2n) is 3.37. The fraction of sp³-hybridized carbons (Fsp3) is 1.00. The first kappa shape index (κ1) is 11.0. The average Bonchev–Trinajstić information content (AvgIpc) is 2.33. The lowest BCUT2D eigenvalue weighted by Crippen LogP contribution is -2.13. The van der Waals surface area contributed by atoms with Gasteiger partial charge in [0, 0.05) is 13.1 Å². The van der Waals surface area contributed by atoms with Crippen molar-refractivity contribution in [2.75, 3.05) is 20.1 Å². The molecule has 1 fully saturated rings. The molecule has 68 valence electrons. The van der Waals surface area contributed by atoms with Crippen LogP contribution in [-0.4, -0.2) is 25.0 Å². The van der Waals surface area contributed by atoms with Gasteiger partial charge >= 0.3 is 0 Å². The van der Waals surface area contributed by atoms with E-state index in [1.54, 1.807) is 0 Å². The second kappa shape index (κ2) is 5.59. The van der Waals surface area contributed by atoms with E-state index < -0.39 is 0 Å². The lowest BCUT2D eigenvalue weighted by atomic mass is 9.96. The molecule has 0 aromatic carbocycles. The SMILES string of the molecule is CC.CC[C@H]1CN(C)C[C@@H]1C. The number of rotatable bonds is 1. The van der Waals surface area contributed by atoms with E-state index in [0.717, 1.165) is 11.8 Å². The Hall–Kier alpha value is -0.0400. The molecule has 0 unspecified atom stereocenters. The van der Waals surface area contributed by atoms with Gasteiger partial charge in [0.2, 0.25) is 0 Å². The summed E-state index contributed by atoms with van der Waals surface area (Å²) >= 11 is 0. The van der Waals surface area contributed by atoms with Crippen LogP contribution < -0.4 is 0 Å². The molecule has 1 rings (SSSR count). The van der Waals surface area contributed by atoms with E-state index >= 15 is 0 Å². The van der Waals surface area contributed by atoms with E-state index in [-0.39, 0.29) is 0 Å². The summed E-state index contributed by atoms with van der Waals surface area (Å²) in [6, 6.07) is 0. The normalized spacial score (nSPS) is 31.4. The van der Waals surface area contributed by atoms with E-state index in [4.69, 9.17) is 0 Å². The third kappa shape index (κ3) is 3.24. The van der Waals surface area contributed by atoms with E-state index in [1.807, 2.05) is 13.8 Å². The first-order valence-electron chi connectivity index (χ1n) is 4.92. The molecule has 0 radical (unpaired) electrons. The first-order valence-corrected chi connectivity index (χ1v) is 4.92. The van der Waals surface area contributed by atoms with Gasteiger partial charge in [-0.05, 0) is 18.9 Å². The van der Waals surface area contributed by atoms with Crippen LogP contribution in [0.15, 0.2) is 0 Å². The van der Waals surface area contributed by atoms with Gasteiger partial charge in [-0.25, -0.2) is 0 Å². The van der Waals surface area contributed by atoms with E-state index in [2.05, 4.69) is 25.8 Å². The average molecular weight is 157 g/mol. The van der Waals surface area contributed by atoms with Crippen molar-refractivity contribution in [2.24, 2.45) is 11.8 Å². The van der Waals surface area contributed by atoms with Crippen LogP contribution in [-0.2, 0) is 0 Å². The minimum absolute atomic E-state index is 0.931. The number of nitrogens with zero attached hydrogens (tertiary/aromatic N) is 1. The maximum atomic E-state index is 2.43. The molecule has 1 heterocycles. The van der Waals surface area contributed by atoms with Gasteiger partial charge in [0.1, 0.15) is 0 Å². The summed E-state index contributed by atoms with van der Waals surface area (Å²) in [6.45, 7) is 11.3. The summed E-state index contributed by atoms with van der Waals surface area (Å²) in [4.78, 5) is 2.43. The molecule has 1 aliphatic rings. The number of likely N-dealkylation sites (tertiary alicyclic amines) is 1. The van der Waals surface area contributed by atoms with Gasteiger partial charge in [-0.2, -0.15) is 0 Å². The molecule has 0 aliphatic carbocycles. The standard InChI is InChI=1S/C8H17N.C2H6/c1-4-8-6-9(3)5-7(8)2;1-2/h7-8H,4-6H2,1-3H3;1-2H3/t7-,8-;/m0./s1. The van der Waals surface area contributed by atoms with Gasteiger partial charge in [0.25, 0.3) is 0 Å². The molecular formula is C10H23N. The number of hydrogen-bond donors (Lipinski definition) is 0. The molecule has 0 amide bonds. The van der Waals surface area contributed by atoms with Crippen LogP contribution >= 0.6 is 0 Å². The summed E-state index contributed by atoms with van der Waals surface area (Å²) in [5.74, 6) is 1.90. The molecule has 0 aromatic rings. The van der Waals surface area contributed by atoms with Crippen LogP contribution in [0.3, 0.4) is 0 Å². The van der Waals surface area contributed by atoms with E-state index in [1.165, 1.54) is 19.5 Å². The minimum atomic E-state index is 0.931. The zero-order valence-corrected chi connectivity index (χ0v) is 8.72. The molecule has 1 heteroatoms. The highest BCUT2D eigenvalue weighted by molar-refractivity contribution is 4.77.